The monoisotopic (exact) mass is 238 g/mol. The van der Waals surface area contributed by atoms with Crippen LogP contribution in [0, 0.1) is 6.92 Å². The van der Waals surface area contributed by atoms with Gasteiger partial charge in [-0.05, 0) is 24.1 Å². The van der Waals surface area contributed by atoms with Crippen LogP contribution in [0.3, 0.4) is 0 Å². The molecule has 1 aromatic rings. The highest BCUT2D eigenvalue weighted by atomic mass is 35.5. The molecule has 0 aliphatic carbocycles. The summed E-state index contributed by atoms with van der Waals surface area (Å²) in [4.78, 5) is 0. The first-order valence-corrected chi connectivity index (χ1v) is 4.65. The fourth-order valence-electron chi connectivity index (χ4n) is 1.25. The number of aryl methyl sites for hydroxylation is 1. The number of hydrogen-bond donors (Lipinski definition) is 0. The molecule has 0 N–H and O–H groups in total. The van der Waals surface area contributed by atoms with Gasteiger partial charge in [0.2, 0.25) is 0 Å². The minimum Gasteiger partial charge on any atom is -0.496 e. The Morgan fingerprint density at radius 1 is 1.33 bits per heavy atom. The van der Waals surface area contributed by atoms with Gasteiger partial charge in [-0.15, -0.1) is 11.6 Å². The van der Waals surface area contributed by atoms with E-state index in [2.05, 4.69) is 0 Å². The van der Waals surface area contributed by atoms with E-state index in [-0.39, 0.29) is 5.56 Å². The number of hydrogen-bond acceptors (Lipinski definition) is 1. The highest BCUT2D eigenvalue weighted by molar-refractivity contribution is 6.21. The standard InChI is InChI=1S/C10H10ClF3O/c1-6-5-7(3-4-8(6)15-2)9(11)10(12,13)14/h3-5,9H,1-2H3. The summed E-state index contributed by atoms with van der Waals surface area (Å²) >= 11 is 5.28. The maximum absolute atomic E-state index is 12.3. The molecule has 1 aromatic carbocycles. The lowest BCUT2D eigenvalue weighted by Crippen LogP contribution is -2.15. The normalized spacial score (nSPS) is 13.7. The van der Waals surface area contributed by atoms with Gasteiger partial charge in [0.05, 0.1) is 7.11 Å². The molecule has 0 bridgehead atoms. The number of halogens is 4. The molecule has 0 fully saturated rings. The Kier molecular flexibility index (Phi) is 3.50. The van der Waals surface area contributed by atoms with Crippen molar-refractivity contribution < 1.29 is 17.9 Å². The molecule has 0 radical (unpaired) electrons. The molecule has 5 heteroatoms. The van der Waals surface area contributed by atoms with Gasteiger partial charge < -0.3 is 4.74 Å². The molecule has 1 nitrogen and oxygen atoms in total. The van der Waals surface area contributed by atoms with E-state index in [9.17, 15) is 13.2 Å². The molecule has 0 saturated carbocycles. The van der Waals surface area contributed by atoms with Crippen molar-refractivity contribution >= 4 is 11.6 Å². The fourth-order valence-corrected chi connectivity index (χ4v) is 1.38. The van der Waals surface area contributed by atoms with Gasteiger partial charge in [-0.2, -0.15) is 13.2 Å². The summed E-state index contributed by atoms with van der Waals surface area (Å²) < 4.78 is 41.8. The average Bonchev–Trinajstić information content (AvgIpc) is 2.15. The molecule has 84 valence electrons. The Morgan fingerprint density at radius 3 is 2.33 bits per heavy atom. The molecular formula is C10H10ClF3O. The molecule has 15 heavy (non-hydrogen) atoms. The second kappa shape index (κ2) is 4.31. The van der Waals surface area contributed by atoms with E-state index in [1.807, 2.05) is 0 Å². The van der Waals surface area contributed by atoms with E-state index in [1.54, 1.807) is 6.92 Å². The van der Waals surface area contributed by atoms with E-state index in [0.29, 0.717) is 11.3 Å². The van der Waals surface area contributed by atoms with E-state index in [0.717, 1.165) is 0 Å². The number of alkyl halides is 4. The van der Waals surface area contributed by atoms with Gasteiger partial charge >= 0.3 is 6.18 Å². The Bertz CT molecular complexity index is 349. The smallest absolute Gasteiger partial charge is 0.408 e. The Balaban J connectivity index is 3.02. The molecule has 0 saturated heterocycles. The summed E-state index contributed by atoms with van der Waals surface area (Å²) in [7, 11) is 1.46. The summed E-state index contributed by atoms with van der Waals surface area (Å²) in [5.74, 6) is 0.546. The molecule has 0 aliphatic heterocycles. The predicted octanol–water partition coefficient (Wildman–Crippen LogP) is 3.85. The highest BCUT2D eigenvalue weighted by Crippen LogP contribution is 2.39. The van der Waals surface area contributed by atoms with Crippen LogP contribution in [-0.2, 0) is 0 Å². The van der Waals surface area contributed by atoms with Gasteiger partial charge in [0, 0.05) is 0 Å². The minimum atomic E-state index is -4.43. The summed E-state index contributed by atoms with van der Waals surface area (Å²) in [6.07, 6.45) is -4.43. The molecule has 0 aromatic heterocycles. The van der Waals surface area contributed by atoms with Crippen molar-refractivity contribution in [1.29, 1.82) is 0 Å². The SMILES string of the molecule is COc1ccc(C(Cl)C(F)(F)F)cc1C. The van der Waals surface area contributed by atoms with Crippen LogP contribution in [0.5, 0.6) is 5.75 Å². The van der Waals surface area contributed by atoms with E-state index < -0.39 is 11.6 Å². The predicted molar refractivity (Wildman–Crippen MR) is 52.4 cm³/mol. The fraction of sp³-hybridized carbons (Fsp3) is 0.400. The van der Waals surface area contributed by atoms with Crippen molar-refractivity contribution in [3.63, 3.8) is 0 Å². The zero-order valence-corrected chi connectivity index (χ0v) is 8.99. The first kappa shape index (κ1) is 12.2. The van der Waals surface area contributed by atoms with Crippen molar-refractivity contribution in [1.82, 2.24) is 0 Å². The number of rotatable bonds is 2. The lowest BCUT2D eigenvalue weighted by Gasteiger charge is -2.15. The third kappa shape index (κ3) is 2.78. The highest BCUT2D eigenvalue weighted by Gasteiger charge is 2.39. The van der Waals surface area contributed by atoms with Crippen molar-refractivity contribution in [3.8, 4) is 5.75 Å². The number of methoxy groups -OCH3 is 1. The van der Waals surface area contributed by atoms with Crippen molar-refractivity contribution in [2.45, 2.75) is 18.5 Å². The van der Waals surface area contributed by atoms with Crippen LogP contribution >= 0.6 is 11.6 Å². The topological polar surface area (TPSA) is 9.23 Å². The Labute approximate surface area is 90.8 Å². The summed E-state index contributed by atoms with van der Waals surface area (Å²) in [5, 5.41) is -1.97. The van der Waals surface area contributed by atoms with E-state index in [1.165, 1.54) is 25.3 Å². The molecular weight excluding hydrogens is 229 g/mol. The Morgan fingerprint density at radius 2 is 1.93 bits per heavy atom. The van der Waals surface area contributed by atoms with Crippen molar-refractivity contribution in [3.05, 3.63) is 29.3 Å². The molecule has 0 amide bonds. The molecule has 1 unspecified atom stereocenters. The molecule has 1 atom stereocenters. The second-order valence-electron chi connectivity index (χ2n) is 3.13. The largest absolute Gasteiger partial charge is 0.496 e. The zero-order valence-electron chi connectivity index (χ0n) is 8.23. The molecule has 1 rings (SSSR count). The second-order valence-corrected chi connectivity index (χ2v) is 3.57. The summed E-state index contributed by atoms with van der Waals surface area (Å²) in [6, 6.07) is 4.17. The maximum atomic E-state index is 12.3. The van der Waals surface area contributed by atoms with Crippen LogP contribution in [-0.4, -0.2) is 13.3 Å². The van der Waals surface area contributed by atoms with Gasteiger partial charge in [0.1, 0.15) is 5.75 Å². The first-order chi connectivity index (χ1) is 6.86. The van der Waals surface area contributed by atoms with E-state index >= 15 is 0 Å². The van der Waals surface area contributed by atoms with Crippen LogP contribution in [0.15, 0.2) is 18.2 Å². The summed E-state index contributed by atoms with van der Waals surface area (Å²) in [6.45, 7) is 1.67. The maximum Gasteiger partial charge on any atom is 0.408 e. The lowest BCUT2D eigenvalue weighted by molar-refractivity contribution is -0.131. The van der Waals surface area contributed by atoms with Crippen LogP contribution in [0.4, 0.5) is 13.2 Å². The minimum absolute atomic E-state index is 0.0301. The molecule has 0 heterocycles. The quantitative estimate of drug-likeness (QED) is 0.711. The molecule has 0 aliphatic rings. The zero-order chi connectivity index (χ0) is 11.6. The third-order valence-corrected chi connectivity index (χ3v) is 2.50. The third-order valence-electron chi connectivity index (χ3n) is 2.00. The lowest BCUT2D eigenvalue weighted by atomic mass is 10.1. The van der Waals surface area contributed by atoms with Gasteiger partial charge in [0.15, 0.2) is 5.38 Å². The van der Waals surface area contributed by atoms with Gasteiger partial charge in [-0.3, -0.25) is 0 Å². The van der Waals surface area contributed by atoms with Crippen LogP contribution in [0.2, 0.25) is 0 Å². The Hall–Kier alpha value is -0.900. The molecule has 0 spiro atoms. The van der Waals surface area contributed by atoms with Gasteiger partial charge in [-0.25, -0.2) is 0 Å². The van der Waals surface area contributed by atoms with Crippen LogP contribution in [0.25, 0.3) is 0 Å². The van der Waals surface area contributed by atoms with Crippen LogP contribution in [0.1, 0.15) is 16.5 Å². The van der Waals surface area contributed by atoms with Crippen molar-refractivity contribution in [2.75, 3.05) is 7.11 Å². The van der Waals surface area contributed by atoms with Crippen molar-refractivity contribution in [2.24, 2.45) is 0 Å². The van der Waals surface area contributed by atoms with Gasteiger partial charge in [0.25, 0.3) is 0 Å². The van der Waals surface area contributed by atoms with Gasteiger partial charge in [-0.1, -0.05) is 12.1 Å². The number of ether oxygens (including phenoxy) is 1. The van der Waals surface area contributed by atoms with Crippen LogP contribution < -0.4 is 4.74 Å². The number of benzene rings is 1. The van der Waals surface area contributed by atoms with E-state index in [4.69, 9.17) is 16.3 Å². The summed E-state index contributed by atoms with van der Waals surface area (Å²) in [5.41, 5.74) is 0.660. The average molecular weight is 239 g/mol. The first-order valence-electron chi connectivity index (χ1n) is 4.21.